The molecule has 0 aliphatic carbocycles. The maximum absolute atomic E-state index is 6.03. The Balaban J connectivity index is 2.19. The largest absolute Gasteiger partial charge is 0.493 e. The molecule has 0 heterocycles. The summed E-state index contributed by atoms with van der Waals surface area (Å²) < 4.78 is 12.0. The molecule has 0 aliphatic heterocycles. The van der Waals surface area contributed by atoms with Crippen LogP contribution in [0.1, 0.15) is 63.3 Å². The minimum atomic E-state index is -0.104. The summed E-state index contributed by atoms with van der Waals surface area (Å²) in [6, 6.07) is 13.1. The first kappa shape index (κ1) is 23.6. The number of rotatable bonds is 10. The first-order chi connectivity index (χ1) is 13.7. The molecule has 2 atom stereocenters. The summed E-state index contributed by atoms with van der Waals surface area (Å²) in [5, 5.41) is 0. The summed E-state index contributed by atoms with van der Waals surface area (Å²) in [4.78, 5) is 0. The average molecular weight is 417 g/mol. The third-order valence-corrected chi connectivity index (χ3v) is 6.33. The van der Waals surface area contributed by atoms with E-state index in [9.17, 15) is 0 Å². The Kier molecular flexibility index (Phi) is 8.46. The third-order valence-electron chi connectivity index (χ3n) is 5.80. The van der Waals surface area contributed by atoms with E-state index in [2.05, 4.69) is 84.9 Å². The molecule has 2 aromatic carbocycles. The Morgan fingerprint density at radius 3 is 1.66 bits per heavy atom. The van der Waals surface area contributed by atoms with Crippen molar-refractivity contribution in [2.45, 2.75) is 60.3 Å². The fourth-order valence-electron chi connectivity index (χ4n) is 3.19. The Bertz CT molecular complexity index is 732. The Hall–Kier alpha value is -1.67. The van der Waals surface area contributed by atoms with E-state index in [0.717, 1.165) is 30.1 Å². The van der Waals surface area contributed by atoms with Crippen LogP contribution in [-0.4, -0.2) is 19.1 Å². The van der Waals surface area contributed by atoms with Gasteiger partial charge in [-0.3, -0.25) is 0 Å². The highest BCUT2D eigenvalue weighted by Crippen LogP contribution is 2.36. The van der Waals surface area contributed by atoms with Crippen molar-refractivity contribution in [3.63, 3.8) is 0 Å². The number of hydrogen-bond acceptors (Lipinski definition) is 2. The van der Waals surface area contributed by atoms with Crippen molar-refractivity contribution < 1.29 is 9.47 Å². The SMILES string of the molecule is CC[C@@H](C)COc1ccc(C(C)(C)c2ccc(OC[C@H](C)CCl)c(C)c2)cc1C. The molecule has 2 rings (SSSR count). The first-order valence-electron chi connectivity index (χ1n) is 10.7. The number of hydrogen-bond donors (Lipinski definition) is 0. The van der Waals surface area contributed by atoms with Crippen molar-refractivity contribution in [3.05, 3.63) is 58.7 Å². The van der Waals surface area contributed by atoms with Gasteiger partial charge in [0.2, 0.25) is 0 Å². The lowest BCUT2D eigenvalue weighted by Crippen LogP contribution is -2.20. The van der Waals surface area contributed by atoms with E-state index in [1.54, 1.807) is 0 Å². The highest BCUT2D eigenvalue weighted by Gasteiger charge is 2.24. The van der Waals surface area contributed by atoms with Gasteiger partial charge in [-0.2, -0.15) is 0 Å². The van der Waals surface area contributed by atoms with Gasteiger partial charge in [0, 0.05) is 17.2 Å². The standard InChI is InChI=1S/C26H37ClO2/c1-8-18(2)16-28-24-11-9-22(13-20(24)4)26(6,7)23-10-12-25(21(5)14-23)29-17-19(3)15-27/h9-14,18-19H,8,15-17H2,1-7H3/t18-,19-/m1/s1. The lowest BCUT2D eigenvalue weighted by Gasteiger charge is -2.28. The summed E-state index contributed by atoms with van der Waals surface area (Å²) in [7, 11) is 0. The van der Waals surface area contributed by atoms with Gasteiger partial charge in [-0.15, -0.1) is 11.6 Å². The first-order valence-corrected chi connectivity index (χ1v) is 11.3. The van der Waals surface area contributed by atoms with Crippen molar-refractivity contribution in [3.8, 4) is 11.5 Å². The fourth-order valence-corrected chi connectivity index (χ4v) is 3.28. The van der Waals surface area contributed by atoms with Crippen molar-refractivity contribution >= 4 is 11.6 Å². The summed E-state index contributed by atoms with van der Waals surface area (Å²) >= 11 is 5.89. The van der Waals surface area contributed by atoms with E-state index in [0.29, 0.717) is 24.3 Å². The molecular weight excluding hydrogens is 380 g/mol. The van der Waals surface area contributed by atoms with Gasteiger partial charge in [0.15, 0.2) is 0 Å². The molecule has 0 radical (unpaired) electrons. The van der Waals surface area contributed by atoms with Crippen LogP contribution in [0.2, 0.25) is 0 Å². The zero-order valence-electron chi connectivity index (χ0n) is 19.1. The van der Waals surface area contributed by atoms with Crippen molar-refractivity contribution in [1.29, 1.82) is 0 Å². The molecule has 0 N–H and O–H groups in total. The predicted octanol–water partition coefficient (Wildman–Crippen LogP) is 7.31. The topological polar surface area (TPSA) is 18.5 Å². The molecule has 0 amide bonds. The van der Waals surface area contributed by atoms with Crippen LogP contribution in [0.25, 0.3) is 0 Å². The lowest BCUT2D eigenvalue weighted by atomic mass is 9.77. The minimum Gasteiger partial charge on any atom is -0.493 e. The number of alkyl halides is 1. The highest BCUT2D eigenvalue weighted by molar-refractivity contribution is 6.18. The van der Waals surface area contributed by atoms with E-state index < -0.39 is 0 Å². The number of aryl methyl sites for hydroxylation is 2. The third kappa shape index (κ3) is 6.15. The van der Waals surface area contributed by atoms with E-state index in [1.165, 1.54) is 16.7 Å². The van der Waals surface area contributed by atoms with E-state index >= 15 is 0 Å². The Morgan fingerprint density at radius 2 is 1.28 bits per heavy atom. The zero-order chi connectivity index (χ0) is 21.6. The molecule has 0 aliphatic rings. The van der Waals surface area contributed by atoms with E-state index in [4.69, 9.17) is 21.1 Å². The van der Waals surface area contributed by atoms with Gasteiger partial charge < -0.3 is 9.47 Å². The van der Waals surface area contributed by atoms with Gasteiger partial charge in [0.25, 0.3) is 0 Å². The van der Waals surface area contributed by atoms with Gasteiger partial charge in [-0.05, 0) is 54.2 Å². The minimum absolute atomic E-state index is 0.104. The van der Waals surface area contributed by atoms with Crippen LogP contribution < -0.4 is 9.47 Å². The Labute approximate surface area is 182 Å². The zero-order valence-corrected chi connectivity index (χ0v) is 19.9. The molecule has 2 nitrogen and oxygen atoms in total. The second kappa shape index (κ2) is 10.4. The normalized spacial score (nSPS) is 13.8. The molecule has 2 aromatic rings. The predicted molar refractivity (Wildman–Crippen MR) is 125 cm³/mol. The molecule has 0 saturated heterocycles. The van der Waals surface area contributed by atoms with Crippen LogP contribution in [0.15, 0.2) is 36.4 Å². The van der Waals surface area contributed by atoms with Crippen LogP contribution in [0.4, 0.5) is 0 Å². The molecule has 0 aromatic heterocycles. The number of halogens is 1. The lowest BCUT2D eigenvalue weighted by molar-refractivity contribution is 0.255. The monoisotopic (exact) mass is 416 g/mol. The van der Waals surface area contributed by atoms with Gasteiger partial charge in [-0.25, -0.2) is 0 Å². The van der Waals surface area contributed by atoms with E-state index in [1.807, 2.05) is 0 Å². The summed E-state index contributed by atoms with van der Waals surface area (Å²) in [6.07, 6.45) is 1.13. The van der Waals surface area contributed by atoms with Gasteiger partial charge in [0.05, 0.1) is 13.2 Å². The molecular formula is C26H37ClO2. The second-order valence-corrected chi connectivity index (χ2v) is 9.29. The van der Waals surface area contributed by atoms with Gasteiger partial charge in [-0.1, -0.05) is 65.3 Å². The molecule has 0 saturated carbocycles. The highest BCUT2D eigenvalue weighted by atomic mass is 35.5. The van der Waals surface area contributed by atoms with Gasteiger partial charge >= 0.3 is 0 Å². The molecule has 0 spiro atoms. The van der Waals surface area contributed by atoms with Crippen LogP contribution >= 0.6 is 11.6 Å². The summed E-state index contributed by atoms with van der Waals surface area (Å²) in [5.41, 5.74) is 4.80. The smallest absolute Gasteiger partial charge is 0.122 e. The fraction of sp³-hybridized carbons (Fsp3) is 0.538. The van der Waals surface area contributed by atoms with Crippen LogP contribution in [0.3, 0.4) is 0 Å². The van der Waals surface area contributed by atoms with Crippen molar-refractivity contribution in [1.82, 2.24) is 0 Å². The second-order valence-electron chi connectivity index (χ2n) is 8.98. The average Bonchev–Trinajstić information content (AvgIpc) is 2.71. The molecule has 160 valence electrons. The molecule has 0 fully saturated rings. The maximum atomic E-state index is 6.03. The van der Waals surface area contributed by atoms with Crippen LogP contribution in [0.5, 0.6) is 11.5 Å². The molecule has 3 heteroatoms. The van der Waals surface area contributed by atoms with Crippen molar-refractivity contribution in [2.24, 2.45) is 11.8 Å². The van der Waals surface area contributed by atoms with Crippen LogP contribution in [-0.2, 0) is 5.41 Å². The molecule has 0 bridgehead atoms. The van der Waals surface area contributed by atoms with Crippen molar-refractivity contribution in [2.75, 3.05) is 19.1 Å². The molecule has 29 heavy (non-hydrogen) atoms. The quantitative estimate of drug-likeness (QED) is 0.378. The number of benzene rings is 2. The maximum Gasteiger partial charge on any atom is 0.122 e. The number of ether oxygens (including phenoxy) is 2. The van der Waals surface area contributed by atoms with Crippen LogP contribution in [0, 0.1) is 25.7 Å². The van der Waals surface area contributed by atoms with E-state index in [-0.39, 0.29) is 5.41 Å². The summed E-state index contributed by atoms with van der Waals surface area (Å²) in [6.45, 7) is 16.7. The summed E-state index contributed by atoms with van der Waals surface area (Å²) in [5.74, 6) is 3.45. The Morgan fingerprint density at radius 1 is 0.828 bits per heavy atom. The van der Waals surface area contributed by atoms with Gasteiger partial charge in [0.1, 0.15) is 11.5 Å². The molecule has 0 unspecified atom stereocenters.